The SMILES string of the molecule is C=CCOP(=O)(OCC=C)OCc1cccc2cccc(C(=O)O)c12. The summed E-state index contributed by atoms with van der Waals surface area (Å²) in [5.74, 6) is -1.05. The molecule has 0 aromatic heterocycles. The second kappa shape index (κ2) is 8.74. The third-order valence-electron chi connectivity index (χ3n) is 3.30. The fraction of sp³-hybridized carbons (Fsp3) is 0.167. The van der Waals surface area contributed by atoms with Gasteiger partial charge in [-0.1, -0.05) is 42.5 Å². The molecule has 132 valence electrons. The fourth-order valence-corrected chi connectivity index (χ4v) is 3.36. The molecule has 0 radical (unpaired) electrons. The van der Waals surface area contributed by atoms with Crippen molar-refractivity contribution >= 4 is 24.6 Å². The van der Waals surface area contributed by atoms with Gasteiger partial charge in [0.15, 0.2) is 0 Å². The summed E-state index contributed by atoms with van der Waals surface area (Å²) >= 11 is 0. The van der Waals surface area contributed by atoms with Crippen LogP contribution in [0.2, 0.25) is 0 Å². The molecule has 2 rings (SSSR count). The molecule has 0 saturated carbocycles. The van der Waals surface area contributed by atoms with Gasteiger partial charge in [-0.15, -0.1) is 13.2 Å². The Morgan fingerprint density at radius 1 is 1.04 bits per heavy atom. The van der Waals surface area contributed by atoms with Crippen molar-refractivity contribution in [1.29, 1.82) is 0 Å². The normalized spacial score (nSPS) is 11.4. The van der Waals surface area contributed by atoms with Crippen LogP contribution in [0.3, 0.4) is 0 Å². The first-order chi connectivity index (χ1) is 12.0. The van der Waals surface area contributed by atoms with Crippen LogP contribution in [-0.4, -0.2) is 24.3 Å². The second-order valence-electron chi connectivity index (χ2n) is 5.02. The molecule has 0 aliphatic rings. The lowest BCUT2D eigenvalue weighted by Gasteiger charge is -2.17. The van der Waals surface area contributed by atoms with Crippen molar-refractivity contribution in [2.45, 2.75) is 6.61 Å². The molecule has 0 bridgehead atoms. The maximum atomic E-state index is 12.6. The average molecular weight is 362 g/mol. The fourth-order valence-electron chi connectivity index (χ4n) is 2.27. The highest BCUT2D eigenvalue weighted by molar-refractivity contribution is 7.48. The van der Waals surface area contributed by atoms with Gasteiger partial charge < -0.3 is 5.11 Å². The van der Waals surface area contributed by atoms with Crippen LogP contribution in [0.25, 0.3) is 10.8 Å². The summed E-state index contributed by atoms with van der Waals surface area (Å²) in [5.41, 5.74) is 0.714. The zero-order valence-electron chi connectivity index (χ0n) is 13.6. The first kappa shape index (κ1) is 19.1. The lowest BCUT2D eigenvalue weighted by atomic mass is 10.00. The van der Waals surface area contributed by atoms with Crippen LogP contribution in [-0.2, 0) is 24.7 Å². The molecule has 0 amide bonds. The van der Waals surface area contributed by atoms with Crippen LogP contribution in [0.5, 0.6) is 0 Å². The van der Waals surface area contributed by atoms with Gasteiger partial charge in [0.25, 0.3) is 0 Å². The van der Waals surface area contributed by atoms with E-state index in [0.717, 1.165) is 5.39 Å². The Labute approximate surface area is 145 Å². The number of rotatable bonds is 10. The minimum atomic E-state index is -3.82. The van der Waals surface area contributed by atoms with E-state index in [2.05, 4.69) is 13.2 Å². The summed E-state index contributed by atoms with van der Waals surface area (Å²) in [6, 6.07) is 10.3. The molecule has 0 aliphatic carbocycles. The number of carboxylic acid groups (broad SMARTS) is 1. The van der Waals surface area contributed by atoms with Crippen LogP contribution < -0.4 is 0 Å². The number of hydrogen-bond donors (Lipinski definition) is 1. The molecule has 0 heterocycles. The second-order valence-corrected chi connectivity index (χ2v) is 6.68. The van der Waals surface area contributed by atoms with Crippen molar-refractivity contribution in [3.05, 3.63) is 72.8 Å². The summed E-state index contributed by atoms with van der Waals surface area (Å²) in [7, 11) is -3.82. The lowest BCUT2D eigenvalue weighted by Crippen LogP contribution is -2.03. The summed E-state index contributed by atoms with van der Waals surface area (Å²) in [6.45, 7) is 6.83. The Balaban J connectivity index is 2.32. The predicted molar refractivity (Wildman–Crippen MR) is 95.6 cm³/mol. The highest BCUT2D eigenvalue weighted by atomic mass is 31.2. The molecule has 25 heavy (non-hydrogen) atoms. The first-order valence-electron chi connectivity index (χ1n) is 7.50. The largest absolute Gasteiger partial charge is 0.478 e. The number of carbonyl (C=O) groups is 1. The molecule has 2 aromatic rings. The molecular weight excluding hydrogens is 343 g/mol. The van der Waals surface area contributed by atoms with E-state index in [9.17, 15) is 14.5 Å². The van der Waals surface area contributed by atoms with E-state index in [-0.39, 0.29) is 25.4 Å². The number of phosphoric acid groups is 1. The van der Waals surface area contributed by atoms with E-state index >= 15 is 0 Å². The monoisotopic (exact) mass is 362 g/mol. The maximum absolute atomic E-state index is 12.6. The van der Waals surface area contributed by atoms with E-state index in [1.807, 2.05) is 0 Å². The van der Waals surface area contributed by atoms with Gasteiger partial charge in [0, 0.05) is 5.39 Å². The summed E-state index contributed by atoms with van der Waals surface area (Å²) in [4.78, 5) is 11.5. The molecular formula is C18H19O6P. The van der Waals surface area contributed by atoms with Crippen LogP contribution in [0.4, 0.5) is 0 Å². The number of phosphoric ester groups is 1. The molecule has 1 N–H and O–H groups in total. The predicted octanol–water partition coefficient (Wildman–Crippen LogP) is 4.57. The van der Waals surface area contributed by atoms with Crippen molar-refractivity contribution < 1.29 is 28.0 Å². The number of fused-ring (bicyclic) bond motifs is 1. The van der Waals surface area contributed by atoms with Gasteiger partial charge in [-0.3, -0.25) is 13.6 Å². The maximum Gasteiger partial charge on any atom is 0.475 e. The number of aromatic carboxylic acids is 1. The molecule has 0 unspecified atom stereocenters. The molecule has 0 fully saturated rings. The average Bonchev–Trinajstić information content (AvgIpc) is 2.62. The van der Waals surface area contributed by atoms with Crippen molar-refractivity contribution in [2.24, 2.45) is 0 Å². The van der Waals surface area contributed by atoms with Gasteiger partial charge in [0.2, 0.25) is 0 Å². The Kier molecular flexibility index (Phi) is 6.67. The lowest BCUT2D eigenvalue weighted by molar-refractivity contribution is 0.0699. The third kappa shape index (κ3) is 4.87. The van der Waals surface area contributed by atoms with Crippen molar-refractivity contribution in [1.82, 2.24) is 0 Å². The Hall–Kier alpha value is -2.24. The molecule has 7 heteroatoms. The van der Waals surface area contributed by atoms with Gasteiger partial charge in [-0.2, -0.15) is 0 Å². The summed E-state index contributed by atoms with van der Waals surface area (Å²) in [5, 5.41) is 10.7. The van der Waals surface area contributed by atoms with Crippen LogP contribution >= 0.6 is 7.82 Å². The van der Waals surface area contributed by atoms with E-state index < -0.39 is 13.8 Å². The third-order valence-corrected chi connectivity index (χ3v) is 4.68. The molecule has 0 aliphatic heterocycles. The highest BCUT2D eigenvalue weighted by Crippen LogP contribution is 2.50. The van der Waals surface area contributed by atoms with Crippen molar-refractivity contribution in [3.8, 4) is 0 Å². The topological polar surface area (TPSA) is 82.1 Å². The molecule has 0 atom stereocenters. The van der Waals surface area contributed by atoms with Crippen LogP contribution in [0.15, 0.2) is 61.7 Å². The summed E-state index contributed by atoms with van der Waals surface area (Å²) in [6.07, 6.45) is 2.85. The van der Waals surface area contributed by atoms with Gasteiger partial charge in [0.05, 0.1) is 25.4 Å². The van der Waals surface area contributed by atoms with E-state index in [4.69, 9.17) is 13.6 Å². The molecule has 2 aromatic carbocycles. The molecule has 0 spiro atoms. The Bertz CT molecular complexity index is 808. The van der Waals surface area contributed by atoms with E-state index in [0.29, 0.717) is 10.9 Å². The Morgan fingerprint density at radius 2 is 1.64 bits per heavy atom. The van der Waals surface area contributed by atoms with Gasteiger partial charge >= 0.3 is 13.8 Å². The van der Waals surface area contributed by atoms with Crippen molar-refractivity contribution in [2.75, 3.05) is 13.2 Å². The standard InChI is InChI=1S/C18H19O6P/c1-3-11-22-25(21,23-12-4-2)24-13-15-9-5-7-14-8-6-10-16(17(14)15)18(19)20/h3-10H,1-2,11-13H2,(H,19,20). The Morgan fingerprint density at radius 3 is 2.20 bits per heavy atom. The quantitative estimate of drug-likeness (QED) is 0.493. The molecule has 6 nitrogen and oxygen atoms in total. The van der Waals surface area contributed by atoms with Crippen molar-refractivity contribution in [3.63, 3.8) is 0 Å². The van der Waals surface area contributed by atoms with E-state index in [1.54, 1.807) is 30.3 Å². The van der Waals surface area contributed by atoms with Gasteiger partial charge in [0.1, 0.15) is 0 Å². The number of benzene rings is 2. The smallest absolute Gasteiger partial charge is 0.475 e. The summed E-state index contributed by atoms with van der Waals surface area (Å²) < 4.78 is 28.2. The van der Waals surface area contributed by atoms with Gasteiger partial charge in [-0.25, -0.2) is 9.36 Å². The van der Waals surface area contributed by atoms with Crippen LogP contribution in [0.1, 0.15) is 15.9 Å². The number of carboxylic acids is 1. The zero-order valence-corrected chi connectivity index (χ0v) is 14.5. The number of hydrogen-bond acceptors (Lipinski definition) is 5. The van der Waals surface area contributed by atoms with Crippen LogP contribution in [0, 0.1) is 0 Å². The highest BCUT2D eigenvalue weighted by Gasteiger charge is 2.26. The minimum absolute atomic E-state index is 0.00959. The minimum Gasteiger partial charge on any atom is -0.478 e. The van der Waals surface area contributed by atoms with Gasteiger partial charge in [-0.05, 0) is 17.0 Å². The van der Waals surface area contributed by atoms with E-state index in [1.165, 1.54) is 18.2 Å². The molecule has 0 saturated heterocycles. The first-order valence-corrected chi connectivity index (χ1v) is 8.96. The zero-order chi connectivity index (χ0) is 18.3.